The molecule has 0 amide bonds. The fourth-order valence-electron chi connectivity index (χ4n) is 4.39. The Labute approximate surface area is 205 Å². The summed E-state index contributed by atoms with van der Waals surface area (Å²) in [4.78, 5) is 19.7. The first-order valence-electron chi connectivity index (χ1n) is 11.5. The van der Waals surface area contributed by atoms with Gasteiger partial charge < -0.3 is 14.6 Å². The molecule has 0 radical (unpaired) electrons. The third-order valence-electron chi connectivity index (χ3n) is 5.88. The highest BCUT2D eigenvalue weighted by molar-refractivity contribution is 6.30. The van der Waals surface area contributed by atoms with E-state index in [0.29, 0.717) is 10.6 Å². The number of pyridine rings is 1. The summed E-state index contributed by atoms with van der Waals surface area (Å²) >= 11 is 6.16. The van der Waals surface area contributed by atoms with Gasteiger partial charge in [-0.1, -0.05) is 29.8 Å². The number of hydrogen-bond donors (Lipinski definition) is 1. The van der Waals surface area contributed by atoms with Crippen LogP contribution in [-0.2, 0) is 20.8 Å². The maximum absolute atomic E-state index is 12.4. The maximum atomic E-state index is 12.4. The number of benzene rings is 2. The normalized spacial score (nSPS) is 16.0. The molecule has 0 bridgehead atoms. The second kappa shape index (κ2) is 10.0. The maximum Gasteiger partial charge on any atom is 0.337 e. The van der Waals surface area contributed by atoms with Crippen LogP contribution in [0.1, 0.15) is 43.7 Å². The van der Waals surface area contributed by atoms with Crippen molar-refractivity contribution < 1.29 is 19.4 Å². The lowest BCUT2D eigenvalue weighted by Gasteiger charge is -2.29. The Morgan fingerprint density at radius 1 is 1.18 bits per heavy atom. The van der Waals surface area contributed by atoms with E-state index in [1.54, 1.807) is 0 Å². The monoisotopic (exact) mass is 482 g/mol. The lowest BCUT2D eigenvalue weighted by Crippen LogP contribution is -2.35. The quantitative estimate of drug-likeness (QED) is 0.490. The molecule has 4 rings (SSSR count). The second-order valence-corrected chi connectivity index (χ2v) is 10.1. The van der Waals surface area contributed by atoms with Crippen molar-refractivity contribution in [1.29, 1.82) is 0 Å². The minimum Gasteiger partial charge on any atom is -0.479 e. The Balaban J connectivity index is 1.89. The van der Waals surface area contributed by atoms with Crippen LogP contribution in [-0.4, -0.2) is 52.9 Å². The summed E-state index contributed by atoms with van der Waals surface area (Å²) in [7, 11) is 0. The summed E-state index contributed by atoms with van der Waals surface area (Å²) in [5.41, 5.74) is 4.32. The van der Waals surface area contributed by atoms with Gasteiger partial charge in [-0.15, -0.1) is 0 Å². The van der Waals surface area contributed by atoms with Crippen LogP contribution in [0.25, 0.3) is 22.0 Å². The SMILES string of the molecule is Cc1cc2nc(CN3CCOCC3)ccc2c(-c2ccc(Cl)cc2)c1[C@H](OC(C)(C)C)C(=O)O. The number of aromatic nitrogens is 1. The number of nitrogens with zero attached hydrogens (tertiary/aromatic N) is 2. The van der Waals surface area contributed by atoms with Gasteiger partial charge in [-0.05, 0) is 68.7 Å². The predicted molar refractivity (Wildman–Crippen MR) is 134 cm³/mol. The van der Waals surface area contributed by atoms with Crippen molar-refractivity contribution >= 4 is 28.5 Å². The van der Waals surface area contributed by atoms with Crippen LogP contribution in [0, 0.1) is 6.92 Å². The second-order valence-electron chi connectivity index (χ2n) is 9.70. The Hall–Kier alpha value is -2.51. The van der Waals surface area contributed by atoms with Crippen LogP contribution in [0.5, 0.6) is 0 Å². The lowest BCUT2D eigenvalue weighted by molar-refractivity contribution is -0.160. The van der Waals surface area contributed by atoms with Gasteiger partial charge in [0.05, 0.1) is 30.0 Å². The van der Waals surface area contributed by atoms with Gasteiger partial charge in [0, 0.05) is 35.6 Å². The average molecular weight is 483 g/mol. The van der Waals surface area contributed by atoms with Gasteiger partial charge in [-0.2, -0.15) is 0 Å². The molecule has 1 aromatic heterocycles. The number of fused-ring (bicyclic) bond motifs is 1. The molecule has 7 heteroatoms. The molecule has 34 heavy (non-hydrogen) atoms. The van der Waals surface area contributed by atoms with Gasteiger partial charge in [-0.25, -0.2) is 4.79 Å². The van der Waals surface area contributed by atoms with Crippen molar-refractivity contribution in [2.75, 3.05) is 26.3 Å². The molecule has 0 aliphatic carbocycles. The number of aliphatic carboxylic acids is 1. The van der Waals surface area contributed by atoms with Gasteiger partial charge >= 0.3 is 5.97 Å². The number of hydrogen-bond acceptors (Lipinski definition) is 5. The molecule has 1 atom stereocenters. The van der Waals surface area contributed by atoms with Crippen molar-refractivity contribution in [2.24, 2.45) is 0 Å². The number of morpholine rings is 1. The minimum atomic E-state index is -1.12. The number of carbonyl (C=O) groups is 1. The molecule has 180 valence electrons. The van der Waals surface area contributed by atoms with E-state index in [1.165, 1.54) is 0 Å². The van der Waals surface area contributed by atoms with Crippen molar-refractivity contribution in [3.05, 3.63) is 64.3 Å². The molecular formula is C27H31ClN2O4. The van der Waals surface area contributed by atoms with E-state index in [4.69, 9.17) is 26.1 Å². The summed E-state index contributed by atoms with van der Waals surface area (Å²) < 4.78 is 11.5. The Morgan fingerprint density at radius 3 is 2.47 bits per heavy atom. The fraction of sp³-hybridized carbons (Fsp3) is 0.407. The zero-order chi connectivity index (χ0) is 24.5. The first-order chi connectivity index (χ1) is 16.1. The smallest absolute Gasteiger partial charge is 0.337 e. The first-order valence-corrected chi connectivity index (χ1v) is 11.9. The topological polar surface area (TPSA) is 71.9 Å². The van der Waals surface area contributed by atoms with Gasteiger partial charge in [0.15, 0.2) is 6.10 Å². The number of carboxylic acid groups (broad SMARTS) is 1. The minimum absolute atomic E-state index is 0.619. The van der Waals surface area contributed by atoms with Crippen LogP contribution in [0.2, 0.25) is 5.02 Å². The van der Waals surface area contributed by atoms with E-state index in [9.17, 15) is 9.90 Å². The van der Waals surface area contributed by atoms with E-state index in [2.05, 4.69) is 4.90 Å². The third-order valence-corrected chi connectivity index (χ3v) is 6.13. The van der Waals surface area contributed by atoms with E-state index in [1.807, 2.05) is 70.2 Å². The average Bonchev–Trinajstić information content (AvgIpc) is 2.77. The van der Waals surface area contributed by atoms with Crippen LogP contribution in [0.3, 0.4) is 0 Å². The Morgan fingerprint density at radius 2 is 1.85 bits per heavy atom. The van der Waals surface area contributed by atoms with E-state index in [-0.39, 0.29) is 0 Å². The molecule has 2 heterocycles. The molecule has 0 spiro atoms. The van der Waals surface area contributed by atoms with E-state index >= 15 is 0 Å². The molecule has 2 aromatic carbocycles. The highest BCUT2D eigenvalue weighted by atomic mass is 35.5. The van der Waals surface area contributed by atoms with Crippen molar-refractivity contribution in [3.8, 4) is 11.1 Å². The number of halogens is 1. The van der Waals surface area contributed by atoms with Crippen LogP contribution in [0.15, 0.2) is 42.5 Å². The fourth-order valence-corrected chi connectivity index (χ4v) is 4.52. The lowest BCUT2D eigenvalue weighted by atomic mass is 9.88. The number of carboxylic acids is 1. The Kier molecular flexibility index (Phi) is 7.24. The highest BCUT2D eigenvalue weighted by Crippen LogP contribution is 2.40. The summed E-state index contributed by atoms with van der Waals surface area (Å²) in [6.07, 6.45) is -1.12. The molecule has 1 N–H and O–H groups in total. The molecule has 6 nitrogen and oxygen atoms in total. The summed E-state index contributed by atoms with van der Waals surface area (Å²) in [5.74, 6) is -1.02. The molecule has 1 fully saturated rings. The van der Waals surface area contributed by atoms with Crippen molar-refractivity contribution in [1.82, 2.24) is 9.88 Å². The molecule has 0 saturated carbocycles. The standard InChI is InChI=1S/C27H31ClN2O4/c1-17-15-22-21(10-9-20(29-22)16-30-11-13-33-14-12-30)24(18-5-7-19(28)8-6-18)23(17)25(26(31)32)34-27(2,3)4/h5-10,15,25H,11-14,16H2,1-4H3,(H,31,32)/t25-/m0/s1. The Bertz CT molecular complexity index is 1180. The van der Waals surface area contributed by atoms with Crippen LogP contribution < -0.4 is 0 Å². The largest absolute Gasteiger partial charge is 0.479 e. The third kappa shape index (κ3) is 5.58. The number of ether oxygens (including phenoxy) is 2. The summed E-state index contributed by atoms with van der Waals surface area (Å²) in [6, 6.07) is 13.5. The van der Waals surface area contributed by atoms with Gasteiger partial charge in [-0.3, -0.25) is 9.88 Å². The molecule has 3 aromatic rings. The predicted octanol–water partition coefficient (Wildman–Crippen LogP) is 5.64. The van der Waals surface area contributed by atoms with Crippen LogP contribution >= 0.6 is 11.6 Å². The molecule has 0 unspecified atom stereocenters. The van der Waals surface area contributed by atoms with Gasteiger partial charge in [0.2, 0.25) is 0 Å². The van der Waals surface area contributed by atoms with E-state index in [0.717, 1.165) is 66.1 Å². The molecule has 1 aliphatic rings. The highest BCUT2D eigenvalue weighted by Gasteiger charge is 2.31. The molecule has 1 saturated heterocycles. The first kappa shape index (κ1) is 24.6. The van der Waals surface area contributed by atoms with E-state index < -0.39 is 17.7 Å². The number of aryl methyl sites for hydroxylation is 1. The molecular weight excluding hydrogens is 452 g/mol. The zero-order valence-corrected chi connectivity index (χ0v) is 20.9. The summed E-state index contributed by atoms with van der Waals surface area (Å²) in [6.45, 7) is 11.5. The van der Waals surface area contributed by atoms with Crippen LogP contribution in [0.4, 0.5) is 0 Å². The zero-order valence-electron chi connectivity index (χ0n) is 20.1. The number of rotatable bonds is 6. The molecule has 1 aliphatic heterocycles. The summed E-state index contributed by atoms with van der Waals surface area (Å²) in [5, 5.41) is 11.7. The van der Waals surface area contributed by atoms with Gasteiger partial charge in [0.25, 0.3) is 0 Å². The van der Waals surface area contributed by atoms with Crippen molar-refractivity contribution in [3.63, 3.8) is 0 Å². The van der Waals surface area contributed by atoms with Gasteiger partial charge in [0.1, 0.15) is 0 Å². The van der Waals surface area contributed by atoms with Crippen molar-refractivity contribution in [2.45, 2.75) is 45.9 Å².